The Morgan fingerprint density at radius 2 is 1.58 bits per heavy atom. The minimum Gasteiger partial charge on any atom is -0.508 e. The van der Waals surface area contributed by atoms with Gasteiger partial charge < -0.3 is 63.8 Å². The van der Waals surface area contributed by atoms with Crippen molar-refractivity contribution >= 4 is 22.9 Å². The molecule has 0 saturated carbocycles. The molecule has 6 atom stereocenters. The highest BCUT2D eigenvalue weighted by Gasteiger charge is 2.46. The summed E-state index contributed by atoms with van der Waals surface area (Å²) < 4.78 is 33.0. The number of aliphatic hydroxyl groups is 4. The van der Waals surface area contributed by atoms with E-state index >= 15 is 0 Å². The summed E-state index contributed by atoms with van der Waals surface area (Å²) in [6.45, 7) is 0.405. The van der Waals surface area contributed by atoms with Gasteiger partial charge in [-0.3, -0.25) is 14.4 Å². The summed E-state index contributed by atoms with van der Waals surface area (Å²) in [6.07, 6.45) is -10.4. The van der Waals surface area contributed by atoms with Crippen LogP contribution in [0.15, 0.2) is 39.5 Å². The van der Waals surface area contributed by atoms with E-state index in [1.165, 1.54) is 31.4 Å². The van der Waals surface area contributed by atoms with Crippen LogP contribution in [0.1, 0.15) is 19.8 Å². The number of hydrogen-bond donors (Lipinski definition) is 7. The van der Waals surface area contributed by atoms with Crippen LogP contribution < -0.4 is 19.6 Å². The van der Waals surface area contributed by atoms with Crippen LogP contribution in [0.2, 0.25) is 0 Å². The topological polar surface area (TPSA) is 252 Å². The first-order chi connectivity index (χ1) is 21.2. The van der Waals surface area contributed by atoms with Crippen LogP contribution in [0.3, 0.4) is 0 Å². The van der Waals surface area contributed by atoms with Gasteiger partial charge in [0.1, 0.15) is 47.9 Å². The average molecular weight is 637 g/mol. The third-order valence-corrected chi connectivity index (χ3v) is 6.95. The number of aliphatic carboxylic acids is 1. The van der Waals surface area contributed by atoms with Crippen molar-refractivity contribution in [3.63, 3.8) is 0 Å². The molecule has 0 aliphatic carbocycles. The number of carbonyl (C=O) groups is 2. The minimum atomic E-state index is -1.93. The summed E-state index contributed by atoms with van der Waals surface area (Å²) in [4.78, 5) is 36.3. The largest absolute Gasteiger partial charge is 0.508 e. The fourth-order valence-electron chi connectivity index (χ4n) is 4.75. The van der Waals surface area contributed by atoms with Crippen molar-refractivity contribution in [3.05, 3.63) is 40.6 Å². The first-order valence-corrected chi connectivity index (χ1v) is 13.4. The third-order valence-electron chi connectivity index (χ3n) is 6.95. The van der Waals surface area contributed by atoms with Crippen LogP contribution in [-0.2, 0) is 19.1 Å². The summed E-state index contributed by atoms with van der Waals surface area (Å²) in [7, 11) is 2.32. The van der Waals surface area contributed by atoms with Crippen molar-refractivity contribution < 1.29 is 73.4 Å². The molecule has 4 rings (SSSR count). The highest BCUT2D eigenvalue weighted by Crippen LogP contribution is 2.51. The van der Waals surface area contributed by atoms with Gasteiger partial charge in [0, 0.05) is 11.6 Å². The average Bonchev–Trinajstić information content (AvgIpc) is 2.96. The van der Waals surface area contributed by atoms with E-state index < -0.39 is 90.4 Å². The van der Waals surface area contributed by atoms with Gasteiger partial charge in [0.2, 0.25) is 23.5 Å². The Bertz CT molecular complexity index is 1610. The van der Waals surface area contributed by atoms with E-state index in [1.807, 2.05) is 0 Å². The van der Waals surface area contributed by atoms with Gasteiger partial charge in [-0.05, 0) is 31.2 Å². The van der Waals surface area contributed by atoms with Crippen LogP contribution in [0.25, 0.3) is 22.3 Å². The summed E-state index contributed by atoms with van der Waals surface area (Å²) in [5.74, 6) is -4.30. The number of carboxylic acid groups (broad SMARTS) is 1. The number of rotatable bonds is 11. The van der Waals surface area contributed by atoms with Gasteiger partial charge in [-0.15, -0.1) is 0 Å². The van der Waals surface area contributed by atoms with E-state index in [0.717, 1.165) is 20.1 Å². The van der Waals surface area contributed by atoms with E-state index in [9.17, 15) is 45.0 Å². The lowest BCUT2D eigenvalue weighted by Crippen LogP contribution is -2.60. The van der Waals surface area contributed by atoms with Gasteiger partial charge in [-0.2, -0.15) is 0 Å². The zero-order chi connectivity index (χ0) is 33.2. The quantitative estimate of drug-likeness (QED) is 0.139. The highest BCUT2D eigenvalue weighted by molar-refractivity contribution is 5.95. The second-order valence-corrected chi connectivity index (χ2v) is 10.5. The molecular formula is C29H32O16. The summed E-state index contributed by atoms with van der Waals surface area (Å²) >= 11 is 0. The van der Waals surface area contributed by atoms with Crippen LogP contribution in [-0.4, -0.2) is 105 Å². The number of aliphatic hydroxyl groups excluding tert-OH is 3. The molecule has 0 bridgehead atoms. The van der Waals surface area contributed by atoms with E-state index in [2.05, 4.69) is 0 Å². The molecular weight excluding hydrogens is 604 g/mol. The normalized spacial score (nSPS) is 22.8. The zero-order valence-electron chi connectivity index (χ0n) is 24.2. The molecule has 2 heterocycles. The van der Waals surface area contributed by atoms with Gasteiger partial charge in [-0.25, -0.2) is 0 Å². The fraction of sp³-hybridized carbons (Fsp3) is 0.414. The number of phenols is 2. The second-order valence-electron chi connectivity index (χ2n) is 10.5. The van der Waals surface area contributed by atoms with Crippen LogP contribution in [0.5, 0.6) is 28.7 Å². The lowest BCUT2D eigenvalue weighted by molar-refractivity contribution is -0.279. The number of hydrogen-bond acceptors (Lipinski definition) is 15. The Morgan fingerprint density at radius 3 is 2.18 bits per heavy atom. The van der Waals surface area contributed by atoms with Crippen LogP contribution in [0.4, 0.5) is 0 Å². The standard InChI is InChI=1S/C29H32O16/c1-29(39,9-17(32)33)10-18(34)42-11-16-20(35)22(37)23(38)28(44-16)45-27-25(40-2)21(36)19-14(31)8-15(43-24(19)26(27)41-3)12-4-6-13(30)7-5-12/h4-8,16,20,22-23,28,30,35-39H,9-11H2,1-3H3,(H,32,33)/t16-,20-,22+,23-,28+,29+/m1/s1. The first kappa shape index (κ1) is 33.3. The number of benzene rings is 2. The molecule has 16 heteroatoms. The van der Waals surface area contributed by atoms with Gasteiger partial charge in [0.05, 0.1) is 32.7 Å². The minimum absolute atomic E-state index is 0.0259. The van der Waals surface area contributed by atoms with E-state index in [4.69, 9.17) is 33.2 Å². The number of esters is 1. The number of carbonyl (C=O) groups excluding carboxylic acids is 1. The molecule has 1 aromatic heterocycles. The Balaban J connectivity index is 1.67. The fourth-order valence-corrected chi connectivity index (χ4v) is 4.75. The van der Waals surface area contributed by atoms with Crippen molar-refractivity contribution in [1.82, 2.24) is 0 Å². The van der Waals surface area contributed by atoms with Crippen molar-refractivity contribution in [2.24, 2.45) is 0 Å². The van der Waals surface area contributed by atoms with E-state index in [0.29, 0.717) is 5.56 Å². The van der Waals surface area contributed by atoms with Crippen molar-refractivity contribution in [1.29, 1.82) is 0 Å². The lowest BCUT2D eigenvalue weighted by Gasteiger charge is -2.40. The molecule has 0 radical (unpaired) electrons. The molecule has 3 aromatic rings. The van der Waals surface area contributed by atoms with Gasteiger partial charge >= 0.3 is 11.9 Å². The number of phenolic OH excluding ortho intramolecular Hbond substituents is 2. The van der Waals surface area contributed by atoms with E-state index in [1.54, 1.807) is 0 Å². The summed E-state index contributed by atoms with van der Waals surface area (Å²) in [6, 6.07) is 6.79. The molecule has 1 aliphatic heterocycles. The number of methoxy groups -OCH3 is 2. The number of ether oxygens (including phenoxy) is 5. The Hall–Kier alpha value is -4.61. The molecule has 0 unspecified atom stereocenters. The van der Waals surface area contributed by atoms with Crippen molar-refractivity contribution in [2.75, 3.05) is 20.8 Å². The predicted octanol–water partition coefficient (Wildman–Crippen LogP) is 0.234. The Morgan fingerprint density at radius 1 is 0.933 bits per heavy atom. The lowest BCUT2D eigenvalue weighted by atomic mass is 9.98. The molecule has 1 saturated heterocycles. The monoisotopic (exact) mass is 636 g/mol. The number of aromatic hydroxyl groups is 2. The van der Waals surface area contributed by atoms with Gasteiger partial charge in [-0.1, -0.05) is 0 Å². The molecule has 244 valence electrons. The summed E-state index contributed by atoms with van der Waals surface area (Å²) in [5, 5.41) is 70.9. The molecule has 2 aromatic carbocycles. The van der Waals surface area contributed by atoms with Crippen LogP contribution in [0, 0.1) is 0 Å². The first-order valence-electron chi connectivity index (χ1n) is 13.4. The summed E-state index contributed by atoms with van der Waals surface area (Å²) in [5.41, 5.74) is -2.54. The van der Waals surface area contributed by atoms with Crippen molar-refractivity contribution in [2.45, 2.75) is 56.1 Å². The molecule has 0 spiro atoms. The van der Waals surface area contributed by atoms with Gasteiger partial charge in [0.15, 0.2) is 16.8 Å². The molecule has 7 N–H and O–H groups in total. The van der Waals surface area contributed by atoms with Crippen LogP contribution >= 0.6 is 0 Å². The Labute approximate surface area is 254 Å². The molecule has 1 aliphatic rings. The SMILES string of the molecule is COc1c(O[C@@H]2O[C@H](COC(=O)C[C@@](C)(O)CC(=O)O)[C@@H](O)[C@H](O)[C@H]2O)c(OC)c2oc(-c3ccc(O)cc3)cc(=O)c2c1O. The predicted molar refractivity (Wildman–Crippen MR) is 150 cm³/mol. The van der Waals surface area contributed by atoms with Gasteiger partial charge in [0.25, 0.3) is 0 Å². The second kappa shape index (κ2) is 13.2. The number of fused-ring (bicyclic) bond motifs is 1. The smallest absolute Gasteiger partial charge is 0.308 e. The molecule has 45 heavy (non-hydrogen) atoms. The highest BCUT2D eigenvalue weighted by atomic mass is 16.7. The maximum atomic E-state index is 13.1. The molecule has 1 fully saturated rings. The molecule has 16 nitrogen and oxygen atoms in total. The Kier molecular flexibility index (Phi) is 9.74. The third kappa shape index (κ3) is 7.05. The maximum Gasteiger partial charge on any atom is 0.308 e. The number of carboxylic acids is 1. The maximum absolute atomic E-state index is 13.1. The van der Waals surface area contributed by atoms with E-state index in [-0.39, 0.29) is 28.2 Å². The molecule has 0 amide bonds. The zero-order valence-corrected chi connectivity index (χ0v) is 24.2. The van der Waals surface area contributed by atoms with Crippen molar-refractivity contribution in [3.8, 4) is 40.1 Å².